The molecule has 1 saturated heterocycles. The third-order valence-corrected chi connectivity index (χ3v) is 4.72. The Morgan fingerprint density at radius 3 is 3.04 bits per heavy atom. The monoisotopic (exact) mass is 338 g/mol. The molecule has 0 atom stereocenters. The number of hydrogen-bond donors (Lipinski definition) is 2. The molecule has 4 heterocycles. The van der Waals surface area contributed by atoms with Crippen molar-refractivity contribution in [1.82, 2.24) is 24.5 Å². The molecule has 1 amide bonds. The van der Waals surface area contributed by atoms with Gasteiger partial charge in [-0.25, -0.2) is 4.98 Å². The van der Waals surface area contributed by atoms with E-state index in [1.54, 1.807) is 12.4 Å². The molecule has 0 unspecified atom stereocenters. The second kappa shape index (κ2) is 6.68. The lowest BCUT2D eigenvalue weighted by molar-refractivity contribution is -0.115. The number of nitrogens with one attached hydrogen (secondary N) is 2. The van der Waals surface area contributed by atoms with Crippen molar-refractivity contribution < 1.29 is 4.79 Å². The Balaban J connectivity index is 1.43. The number of fused-ring (bicyclic) bond motifs is 1. The number of aromatic nitrogens is 4. The van der Waals surface area contributed by atoms with E-state index in [0.29, 0.717) is 6.04 Å². The van der Waals surface area contributed by atoms with Crippen LogP contribution in [0.5, 0.6) is 0 Å². The molecular weight excluding hydrogens is 316 g/mol. The summed E-state index contributed by atoms with van der Waals surface area (Å²) in [6.45, 7) is 4.04. The van der Waals surface area contributed by atoms with Crippen LogP contribution in [0.1, 0.15) is 30.1 Å². The minimum absolute atomic E-state index is 0.0619. The minimum Gasteiger partial charge on any atom is -0.323 e. The van der Waals surface area contributed by atoms with Crippen LogP contribution in [0.25, 0.3) is 5.65 Å². The molecule has 0 aromatic carbocycles. The van der Waals surface area contributed by atoms with Crippen LogP contribution in [-0.4, -0.2) is 38.2 Å². The summed E-state index contributed by atoms with van der Waals surface area (Å²) < 4.78 is 3.93. The van der Waals surface area contributed by atoms with E-state index in [1.165, 1.54) is 0 Å². The van der Waals surface area contributed by atoms with Gasteiger partial charge in [-0.05, 0) is 44.5 Å². The van der Waals surface area contributed by atoms with Gasteiger partial charge in [-0.3, -0.25) is 9.48 Å². The molecule has 7 heteroatoms. The number of imidazole rings is 1. The first-order valence-corrected chi connectivity index (χ1v) is 8.67. The maximum atomic E-state index is 12.4. The standard InChI is InChI=1S/C18H22N6O/c1-13-3-2-8-23-16(11-20-18(13)23)9-17(25)22-14-10-21-24(12-14)15-4-6-19-7-5-15/h2-3,8,10-12,15,19H,4-7,9H2,1H3,(H,22,25). The second-order valence-electron chi connectivity index (χ2n) is 6.55. The highest BCUT2D eigenvalue weighted by Crippen LogP contribution is 2.19. The Morgan fingerprint density at radius 1 is 1.36 bits per heavy atom. The largest absolute Gasteiger partial charge is 0.323 e. The molecule has 1 fully saturated rings. The summed E-state index contributed by atoms with van der Waals surface area (Å²) in [6.07, 6.45) is 9.76. The summed E-state index contributed by atoms with van der Waals surface area (Å²) in [6, 6.07) is 4.39. The summed E-state index contributed by atoms with van der Waals surface area (Å²) in [4.78, 5) is 16.8. The van der Waals surface area contributed by atoms with Crippen molar-refractivity contribution in [2.24, 2.45) is 0 Å². The zero-order valence-electron chi connectivity index (χ0n) is 14.3. The average molecular weight is 338 g/mol. The third kappa shape index (κ3) is 3.28. The van der Waals surface area contributed by atoms with Gasteiger partial charge in [0.1, 0.15) is 5.65 Å². The van der Waals surface area contributed by atoms with Gasteiger partial charge in [0.05, 0.1) is 30.0 Å². The van der Waals surface area contributed by atoms with Crippen LogP contribution in [0.3, 0.4) is 0 Å². The summed E-state index contributed by atoms with van der Waals surface area (Å²) in [5.41, 5.74) is 3.61. The highest BCUT2D eigenvalue weighted by atomic mass is 16.1. The summed E-state index contributed by atoms with van der Waals surface area (Å²) in [5.74, 6) is -0.0619. The first-order chi connectivity index (χ1) is 12.2. The third-order valence-electron chi connectivity index (χ3n) is 4.72. The van der Waals surface area contributed by atoms with E-state index in [9.17, 15) is 4.79 Å². The Morgan fingerprint density at radius 2 is 2.20 bits per heavy atom. The number of carbonyl (C=O) groups is 1. The van der Waals surface area contributed by atoms with Gasteiger partial charge in [-0.2, -0.15) is 5.10 Å². The molecule has 0 bridgehead atoms. The summed E-state index contributed by atoms with van der Waals surface area (Å²) in [5, 5.41) is 10.7. The lowest BCUT2D eigenvalue weighted by atomic mass is 10.1. The van der Waals surface area contributed by atoms with Gasteiger partial charge < -0.3 is 15.0 Å². The number of pyridine rings is 1. The fourth-order valence-electron chi connectivity index (χ4n) is 3.38. The number of rotatable bonds is 4. The smallest absolute Gasteiger partial charge is 0.230 e. The van der Waals surface area contributed by atoms with E-state index in [-0.39, 0.29) is 12.3 Å². The number of piperidine rings is 1. The molecule has 0 aliphatic carbocycles. The first-order valence-electron chi connectivity index (χ1n) is 8.67. The normalized spacial score (nSPS) is 15.6. The van der Waals surface area contributed by atoms with Crippen molar-refractivity contribution in [2.45, 2.75) is 32.2 Å². The maximum absolute atomic E-state index is 12.4. The molecule has 2 N–H and O–H groups in total. The number of amides is 1. The number of hydrogen-bond acceptors (Lipinski definition) is 4. The van der Waals surface area contributed by atoms with E-state index >= 15 is 0 Å². The molecule has 0 saturated carbocycles. The Labute approximate surface area is 146 Å². The first kappa shape index (κ1) is 15.8. The van der Waals surface area contributed by atoms with Gasteiger partial charge in [-0.15, -0.1) is 0 Å². The molecule has 3 aromatic heterocycles. The average Bonchev–Trinajstić information content (AvgIpc) is 3.24. The molecule has 0 radical (unpaired) electrons. The van der Waals surface area contributed by atoms with Crippen LogP contribution >= 0.6 is 0 Å². The number of nitrogens with zero attached hydrogens (tertiary/aromatic N) is 4. The fourth-order valence-corrected chi connectivity index (χ4v) is 3.38. The maximum Gasteiger partial charge on any atom is 0.230 e. The molecular formula is C18H22N6O. The van der Waals surface area contributed by atoms with Crippen LogP contribution in [0, 0.1) is 6.92 Å². The highest BCUT2D eigenvalue weighted by Gasteiger charge is 2.16. The van der Waals surface area contributed by atoms with Crippen LogP contribution < -0.4 is 10.6 Å². The van der Waals surface area contributed by atoms with E-state index < -0.39 is 0 Å². The molecule has 7 nitrogen and oxygen atoms in total. The van der Waals surface area contributed by atoms with Crippen LogP contribution in [0.2, 0.25) is 0 Å². The van der Waals surface area contributed by atoms with Crippen molar-refractivity contribution in [2.75, 3.05) is 18.4 Å². The van der Waals surface area contributed by atoms with Gasteiger partial charge in [-0.1, -0.05) is 6.07 Å². The molecule has 3 aromatic rings. The highest BCUT2D eigenvalue weighted by molar-refractivity contribution is 5.91. The predicted octanol–water partition coefficient (Wildman–Crippen LogP) is 1.94. The molecule has 25 heavy (non-hydrogen) atoms. The van der Waals surface area contributed by atoms with E-state index in [4.69, 9.17) is 0 Å². The number of anilines is 1. The van der Waals surface area contributed by atoms with Gasteiger partial charge in [0.25, 0.3) is 0 Å². The lowest BCUT2D eigenvalue weighted by Crippen LogP contribution is -2.29. The molecule has 0 spiro atoms. The number of aryl methyl sites for hydroxylation is 1. The van der Waals surface area contributed by atoms with Gasteiger partial charge in [0.15, 0.2) is 0 Å². The van der Waals surface area contributed by atoms with Crippen LogP contribution in [-0.2, 0) is 11.2 Å². The van der Waals surface area contributed by atoms with Gasteiger partial charge >= 0.3 is 0 Å². The molecule has 130 valence electrons. The molecule has 4 rings (SSSR count). The molecule has 1 aliphatic heterocycles. The Hall–Kier alpha value is -2.67. The van der Waals surface area contributed by atoms with E-state index in [1.807, 2.05) is 40.5 Å². The van der Waals surface area contributed by atoms with Crippen molar-refractivity contribution in [3.8, 4) is 0 Å². The zero-order valence-corrected chi connectivity index (χ0v) is 14.3. The van der Waals surface area contributed by atoms with Crippen molar-refractivity contribution in [1.29, 1.82) is 0 Å². The zero-order chi connectivity index (χ0) is 17.2. The van der Waals surface area contributed by atoms with Crippen LogP contribution in [0.15, 0.2) is 36.9 Å². The predicted molar refractivity (Wildman–Crippen MR) is 95.6 cm³/mol. The Kier molecular flexibility index (Phi) is 4.23. The SMILES string of the molecule is Cc1cccn2c(CC(=O)Nc3cnn(C4CCNCC4)c3)cnc12. The van der Waals surface area contributed by atoms with Crippen molar-refractivity contribution in [3.63, 3.8) is 0 Å². The lowest BCUT2D eigenvalue weighted by Gasteiger charge is -2.22. The Bertz CT molecular complexity index is 890. The minimum atomic E-state index is -0.0619. The van der Waals surface area contributed by atoms with Gasteiger partial charge in [0.2, 0.25) is 5.91 Å². The van der Waals surface area contributed by atoms with E-state index in [2.05, 4.69) is 20.7 Å². The number of carbonyl (C=O) groups excluding carboxylic acids is 1. The second-order valence-corrected chi connectivity index (χ2v) is 6.55. The fraction of sp³-hybridized carbons (Fsp3) is 0.389. The van der Waals surface area contributed by atoms with Crippen molar-refractivity contribution >= 4 is 17.2 Å². The van der Waals surface area contributed by atoms with Crippen molar-refractivity contribution in [3.05, 3.63) is 48.2 Å². The van der Waals surface area contributed by atoms with Crippen LogP contribution in [0.4, 0.5) is 5.69 Å². The summed E-state index contributed by atoms with van der Waals surface area (Å²) in [7, 11) is 0. The summed E-state index contributed by atoms with van der Waals surface area (Å²) >= 11 is 0. The molecule has 1 aliphatic rings. The van der Waals surface area contributed by atoms with Gasteiger partial charge in [0, 0.05) is 18.6 Å². The topological polar surface area (TPSA) is 76.2 Å². The van der Waals surface area contributed by atoms with E-state index in [0.717, 1.165) is 48.5 Å². The quantitative estimate of drug-likeness (QED) is 0.762.